The van der Waals surface area contributed by atoms with Crippen LogP contribution in [0.2, 0.25) is 0 Å². The molecule has 0 saturated heterocycles. The first kappa shape index (κ1) is 17.8. The van der Waals surface area contributed by atoms with Crippen LogP contribution >= 0.6 is 11.3 Å². The van der Waals surface area contributed by atoms with Crippen LogP contribution in [0.1, 0.15) is 37.5 Å². The van der Waals surface area contributed by atoms with Crippen LogP contribution < -0.4 is 16.0 Å². The molecular weight excluding hydrogens is 308 g/mol. The average Bonchev–Trinajstić information content (AvgIpc) is 3.19. The van der Waals surface area contributed by atoms with Gasteiger partial charge in [0, 0.05) is 37.5 Å². The fourth-order valence-corrected chi connectivity index (χ4v) is 3.19. The van der Waals surface area contributed by atoms with E-state index in [1.807, 2.05) is 11.3 Å². The van der Waals surface area contributed by atoms with Gasteiger partial charge in [-0.3, -0.25) is 9.79 Å². The van der Waals surface area contributed by atoms with Gasteiger partial charge in [0.15, 0.2) is 5.96 Å². The Bertz CT molecular complexity index is 497. The van der Waals surface area contributed by atoms with Gasteiger partial charge in [0.1, 0.15) is 0 Å². The molecule has 2 rings (SSSR count). The lowest BCUT2D eigenvalue weighted by atomic mass is 10.1. The van der Waals surface area contributed by atoms with Crippen molar-refractivity contribution >= 4 is 23.2 Å². The summed E-state index contributed by atoms with van der Waals surface area (Å²) in [7, 11) is 1.78. The Morgan fingerprint density at radius 3 is 2.91 bits per heavy atom. The molecule has 1 unspecified atom stereocenters. The summed E-state index contributed by atoms with van der Waals surface area (Å²) in [6, 6.07) is 4.73. The average molecular weight is 337 g/mol. The van der Waals surface area contributed by atoms with E-state index in [1.165, 1.54) is 4.88 Å². The fourth-order valence-electron chi connectivity index (χ4n) is 2.32. The Morgan fingerprint density at radius 1 is 1.43 bits per heavy atom. The van der Waals surface area contributed by atoms with E-state index >= 15 is 0 Å². The van der Waals surface area contributed by atoms with Gasteiger partial charge in [0.2, 0.25) is 5.91 Å². The van der Waals surface area contributed by atoms with Crippen LogP contribution in [-0.2, 0) is 11.2 Å². The normalized spacial score (nSPS) is 16.0. The highest BCUT2D eigenvalue weighted by molar-refractivity contribution is 7.09. The summed E-state index contributed by atoms with van der Waals surface area (Å²) in [5.41, 5.74) is 0. The lowest BCUT2D eigenvalue weighted by Gasteiger charge is -2.15. The zero-order chi connectivity index (χ0) is 16.5. The number of amides is 1. The van der Waals surface area contributed by atoms with Crippen LogP contribution in [0.5, 0.6) is 0 Å². The standard InChI is InChI=1S/C17H28N4OS/c1-13(11-15-5-4-10-23-15)12-20-17(18-2)19-9-3-6-16(22)21-14-7-8-14/h4-5,10,13-14H,3,6-9,11-12H2,1-2H3,(H,21,22)(H2,18,19,20). The van der Waals surface area contributed by atoms with Gasteiger partial charge in [-0.25, -0.2) is 0 Å². The second-order valence-corrected chi connectivity index (χ2v) is 7.25. The lowest BCUT2D eigenvalue weighted by Crippen LogP contribution is -2.40. The molecule has 23 heavy (non-hydrogen) atoms. The van der Waals surface area contributed by atoms with Gasteiger partial charge in [0.25, 0.3) is 0 Å². The van der Waals surface area contributed by atoms with E-state index in [4.69, 9.17) is 0 Å². The van der Waals surface area contributed by atoms with Gasteiger partial charge in [0.05, 0.1) is 0 Å². The number of thiophene rings is 1. The highest BCUT2D eigenvalue weighted by atomic mass is 32.1. The first-order valence-electron chi connectivity index (χ1n) is 8.43. The SMILES string of the molecule is CN=C(NCCCC(=O)NC1CC1)NCC(C)Cc1cccs1. The van der Waals surface area contributed by atoms with Crippen molar-refractivity contribution in [3.63, 3.8) is 0 Å². The van der Waals surface area contributed by atoms with Gasteiger partial charge in [-0.1, -0.05) is 13.0 Å². The molecule has 1 saturated carbocycles. The van der Waals surface area contributed by atoms with Crippen LogP contribution in [0.25, 0.3) is 0 Å². The number of hydrogen-bond acceptors (Lipinski definition) is 3. The molecule has 0 aromatic carbocycles. The van der Waals surface area contributed by atoms with E-state index in [-0.39, 0.29) is 5.91 Å². The van der Waals surface area contributed by atoms with Gasteiger partial charge in [-0.05, 0) is 43.0 Å². The maximum Gasteiger partial charge on any atom is 0.220 e. The molecule has 0 spiro atoms. The van der Waals surface area contributed by atoms with Crippen LogP contribution in [0.3, 0.4) is 0 Å². The molecule has 1 fully saturated rings. The molecular formula is C17H28N4OS. The number of hydrogen-bond donors (Lipinski definition) is 3. The molecule has 128 valence electrons. The van der Waals surface area contributed by atoms with Crippen molar-refractivity contribution in [3.8, 4) is 0 Å². The van der Waals surface area contributed by atoms with E-state index in [2.05, 4.69) is 45.4 Å². The maximum absolute atomic E-state index is 11.6. The van der Waals surface area contributed by atoms with E-state index in [0.29, 0.717) is 18.4 Å². The molecule has 1 atom stereocenters. The minimum absolute atomic E-state index is 0.168. The topological polar surface area (TPSA) is 65.5 Å². The molecule has 1 heterocycles. The van der Waals surface area contributed by atoms with E-state index < -0.39 is 0 Å². The zero-order valence-electron chi connectivity index (χ0n) is 14.1. The molecule has 1 amide bonds. The summed E-state index contributed by atoms with van der Waals surface area (Å²) in [4.78, 5) is 17.2. The monoisotopic (exact) mass is 336 g/mol. The van der Waals surface area contributed by atoms with Crippen LogP contribution in [0.4, 0.5) is 0 Å². The minimum atomic E-state index is 0.168. The zero-order valence-corrected chi connectivity index (χ0v) is 14.9. The third-order valence-electron chi connectivity index (χ3n) is 3.79. The molecule has 1 aromatic heterocycles. The minimum Gasteiger partial charge on any atom is -0.356 e. The van der Waals surface area contributed by atoms with Crippen molar-refractivity contribution in [3.05, 3.63) is 22.4 Å². The number of carbonyl (C=O) groups excluding carboxylic acids is 1. The van der Waals surface area contributed by atoms with Gasteiger partial charge >= 0.3 is 0 Å². The highest BCUT2D eigenvalue weighted by Gasteiger charge is 2.22. The Kier molecular flexibility index (Phi) is 7.39. The van der Waals surface area contributed by atoms with E-state index in [0.717, 1.165) is 44.7 Å². The number of aliphatic imine (C=N–C) groups is 1. The summed E-state index contributed by atoms with van der Waals surface area (Å²) in [6.45, 7) is 3.89. The van der Waals surface area contributed by atoms with E-state index in [1.54, 1.807) is 7.05 Å². The fraction of sp³-hybridized carbons (Fsp3) is 0.647. The molecule has 1 aliphatic carbocycles. The highest BCUT2D eigenvalue weighted by Crippen LogP contribution is 2.18. The molecule has 1 aromatic rings. The molecule has 6 heteroatoms. The number of rotatable bonds is 9. The molecule has 5 nitrogen and oxygen atoms in total. The Labute approximate surface area is 143 Å². The van der Waals surface area contributed by atoms with Crippen molar-refractivity contribution in [1.29, 1.82) is 0 Å². The molecule has 1 aliphatic rings. The van der Waals surface area contributed by atoms with Gasteiger partial charge < -0.3 is 16.0 Å². The Hall–Kier alpha value is -1.56. The first-order chi connectivity index (χ1) is 11.2. The second kappa shape index (κ2) is 9.55. The predicted octanol–water partition coefficient (Wildman–Crippen LogP) is 2.15. The summed E-state index contributed by atoms with van der Waals surface area (Å²) in [5, 5.41) is 11.8. The van der Waals surface area contributed by atoms with Gasteiger partial charge in [-0.15, -0.1) is 11.3 Å². The van der Waals surface area contributed by atoms with Crippen molar-refractivity contribution in [1.82, 2.24) is 16.0 Å². The van der Waals surface area contributed by atoms with Crippen LogP contribution in [0, 0.1) is 5.92 Å². The molecule has 0 aliphatic heterocycles. The second-order valence-electron chi connectivity index (χ2n) is 6.21. The number of guanidine groups is 1. The van der Waals surface area contributed by atoms with Crippen molar-refractivity contribution in [2.24, 2.45) is 10.9 Å². The van der Waals surface area contributed by atoms with Crippen LogP contribution in [-0.4, -0.2) is 38.0 Å². The summed E-state index contributed by atoms with van der Waals surface area (Å²) < 4.78 is 0. The first-order valence-corrected chi connectivity index (χ1v) is 9.31. The largest absolute Gasteiger partial charge is 0.356 e. The molecule has 0 radical (unpaired) electrons. The Balaban J connectivity index is 1.54. The predicted molar refractivity (Wildman–Crippen MR) is 97.0 cm³/mol. The maximum atomic E-state index is 11.6. The van der Waals surface area contributed by atoms with Crippen molar-refractivity contribution in [2.45, 2.75) is 45.1 Å². The number of carbonyl (C=O) groups is 1. The smallest absolute Gasteiger partial charge is 0.220 e. The number of nitrogens with zero attached hydrogens (tertiary/aromatic N) is 1. The number of nitrogens with one attached hydrogen (secondary N) is 3. The van der Waals surface area contributed by atoms with Crippen molar-refractivity contribution < 1.29 is 4.79 Å². The quantitative estimate of drug-likeness (QED) is 0.368. The lowest BCUT2D eigenvalue weighted by molar-refractivity contribution is -0.121. The molecule has 3 N–H and O–H groups in total. The summed E-state index contributed by atoms with van der Waals surface area (Å²) in [5.74, 6) is 1.53. The summed E-state index contributed by atoms with van der Waals surface area (Å²) >= 11 is 1.81. The molecule has 0 bridgehead atoms. The van der Waals surface area contributed by atoms with E-state index in [9.17, 15) is 4.79 Å². The summed E-state index contributed by atoms with van der Waals surface area (Å²) in [6.07, 6.45) is 4.77. The van der Waals surface area contributed by atoms with Crippen molar-refractivity contribution in [2.75, 3.05) is 20.1 Å². The third kappa shape index (κ3) is 7.50. The van der Waals surface area contributed by atoms with Gasteiger partial charge in [-0.2, -0.15) is 0 Å². The third-order valence-corrected chi connectivity index (χ3v) is 4.69. The Morgan fingerprint density at radius 2 is 2.26 bits per heavy atom. The van der Waals surface area contributed by atoms with Crippen LogP contribution in [0.15, 0.2) is 22.5 Å².